The average molecular weight is 430 g/mol. The minimum atomic E-state index is -0.300. The lowest BCUT2D eigenvalue weighted by atomic mass is 9.87. The van der Waals surface area contributed by atoms with Gasteiger partial charge in [-0.1, -0.05) is 40.5 Å². The summed E-state index contributed by atoms with van der Waals surface area (Å²) in [6.45, 7) is 17.1. The van der Waals surface area contributed by atoms with Gasteiger partial charge in [0.1, 0.15) is 0 Å². The Morgan fingerprint density at radius 3 is 1.97 bits per heavy atom. The predicted octanol–water partition coefficient (Wildman–Crippen LogP) is 7.35. The Labute approximate surface area is 184 Å². The molecule has 5 heteroatoms. The normalized spacial score (nSPS) is 17.7. The fraction of sp³-hybridized carbons (Fsp3) is 0.583. The molecule has 0 atom stereocenters. The predicted molar refractivity (Wildman–Crippen MR) is 132 cm³/mol. The second kappa shape index (κ2) is 8.70. The van der Waals surface area contributed by atoms with E-state index in [2.05, 4.69) is 59.1 Å². The van der Waals surface area contributed by atoms with Crippen LogP contribution < -0.4 is 4.78 Å². The zero-order valence-corrected chi connectivity index (χ0v) is 20.9. The minimum Gasteiger partial charge on any atom is -0.399 e. The molecule has 0 bridgehead atoms. The van der Waals surface area contributed by atoms with Crippen LogP contribution in [0.2, 0.25) is 0 Å². The molecule has 1 aliphatic rings. The van der Waals surface area contributed by atoms with Crippen molar-refractivity contribution < 1.29 is 9.31 Å². The Morgan fingerprint density at radius 2 is 1.41 bits per heavy atom. The summed E-state index contributed by atoms with van der Waals surface area (Å²) in [4.78, 5) is 0. The first-order valence-corrected chi connectivity index (χ1v) is 12.8. The quantitative estimate of drug-likeness (QED) is 0.394. The smallest absolute Gasteiger partial charge is 0.399 e. The van der Waals surface area contributed by atoms with Crippen molar-refractivity contribution in [1.82, 2.24) is 0 Å². The van der Waals surface area contributed by atoms with Crippen LogP contribution in [0.5, 0.6) is 0 Å². The average Bonchev–Trinajstić information content (AvgIpc) is 3.36. The van der Waals surface area contributed by atoms with Gasteiger partial charge in [-0.3, -0.25) is 0 Å². The van der Waals surface area contributed by atoms with Gasteiger partial charge in [-0.15, -0.1) is 22.7 Å². The van der Waals surface area contributed by atoms with Crippen LogP contribution >= 0.6 is 22.7 Å². The van der Waals surface area contributed by atoms with Gasteiger partial charge in [0, 0.05) is 24.9 Å². The van der Waals surface area contributed by atoms with Crippen molar-refractivity contribution in [1.29, 1.82) is 0 Å². The van der Waals surface area contributed by atoms with Gasteiger partial charge in [0.2, 0.25) is 0 Å². The van der Waals surface area contributed by atoms with Gasteiger partial charge in [0.05, 0.1) is 11.2 Å². The van der Waals surface area contributed by atoms with Gasteiger partial charge >= 0.3 is 7.12 Å². The third kappa shape index (κ3) is 3.92. The maximum absolute atomic E-state index is 6.34. The van der Waals surface area contributed by atoms with Crippen molar-refractivity contribution in [3.8, 4) is 0 Å². The Hall–Kier alpha value is -0.875. The van der Waals surface area contributed by atoms with E-state index in [1.165, 1.54) is 37.8 Å². The summed E-state index contributed by atoms with van der Waals surface area (Å²) in [5.74, 6) is 0. The second-order valence-corrected chi connectivity index (χ2v) is 10.6. The first-order chi connectivity index (χ1) is 13.8. The van der Waals surface area contributed by atoms with E-state index in [1.807, 2.05) is 36.5 Å². The molecule has 2 aromatic heterocycles. The molecule has 1 fully saturated rings. The van der Waals surface area contributed by atoms with E-state index in [9.17, 15) is 0 Å². The number of fused-ring (bicyclic) bond motifs is 3. The summed E-state index contributed by atoms with van der Waals surface area (Å²) in [5.41, 5.74) is 2.52. The summed E-state index contributed by atoms with van der Waals surface area (Å²) >= 11 is 3.77. The van der Waals surface area contributed by atoms with Crippen LogP contribution in [-0.4, -0.2) is 18.3 Å². The summed E-state index contributed by atoms with van der Waals surface area (Å²) in [6.07, 6.45) is 4.66. The molecule has 3 aromatic rings. The fourth-order valence-electron chi connectivity index (χ4n) is 3.97. The van der Waals surface area contributed by atoms with Crippen molar-refractivity contribution >= 4 is 54.7 Å². The van der Waals surface area contributed by atoms with Crippen LogP contribution in [0.15, 0.2) is 17.5 Å². The monoisotopic (exact) mass is 430 g/mol. The molecule has 1 aromatic carbocycles. The van der Waals surface area contributed by atoms with Crippen LogP contribution in [0.3, 0.4) is 0 Å². The minimum absolute atomic E-state index is 0.273. The lowest BCUT2D eigenvalue weighted by molar-refractivity contribution is 0.00578. The second-order valence-electron chi connectivity index (χ2n) is 8.60. The lowest BCUT2D eigenvalue weighted by Gasteiger charge is -2.32. The van der Waals surface area contributed by atoms with E-state index in [1.54, 1.807) is 11.1 Å². The SMILES string of the molecule is CC.CCCc1c(CCC)c2sc(B3OC(C)(C)C(C)(C)O3)cc2c2ccsc12. The molecule has 158 valence electrons. The number of benzene rings is 1. The van der Waals surface area contributed by atoms with E-state index < -0.39 is 0 Å². The molecular formula is C24H35BO2S2. The zero-order chi connectivity index (χ0) is 21.4. The van der Waals surface area contributed by atoms with Gasteiger partial charge in [-0.25, -0.2) is 0 Å². The highest BCUT2D eigenvalue weighted by molar-refractivity contribution is 7.28. The first kappa shape index (κ1) is 22.8. The van der Waals surface area contributed by atoms with Crippen molar-refractivity contribution in [3.63, 3.8) is 0 Å². The van der Waals surface area contributed by atoms with Crippen LogP contribution in [0, 0.1) is 0 Å². The summed E-state index contributed by atoms with van der Waals surface area (Å²) in [7, 11) is -0.273. The molecule has 0 amide bonds. The molecule has 2 nitrogen and oxygen atoms in total. The number of hydrogen-bond donors (Lipinski definition) is 0. The molecule has 0 aliphatic carbocycles. The molecule has 4 rings (SSSR count). The Kier molecular flexibility index (Phi) is 6.84. The maximum atomic E-state index is 6.34. The highest BCUT2D eigenvalue weighted by Crippen LogP contribution is 2.41. The third-order valence-electron chi connectivity index (χ3n) is 6.10. The van der Waals surface area contributed by atoms with Gasteiger partial charge < -0.3 is 9.31 Å². The first-order valence-electron chi connectivity index (χ1n) is 11.1. The lowest BCUT2D eigenvalue weighted by Crippen LogP contribution is -2.41. The van der Waals surface area contributed by atoms with Crippen LogP contribution in [0.1, 0.15) is 79.4 Å². The van der Waals surface area contributed by atoms with E-state index in [-0.39, 0.29) is 18.3 Å². The van der Waals surface area contributed by atoms with E-state index >= 15 is 0 Å². The molecule has 1 aliphatic heterocycles. The van der Waals surface area contributed by atoms with Gasteiger partial charge in [0.15, 0.2) is 0 Å². The molecule has 3 heterocycles. The number of aryl methyl sites for hydroxylation is 2. The summed E-state index contributed by atoms with van der Waals surface area (Å²) < 4.78 is 16.8. The highest BCUT2D eigenvalue weighted by Gasteiger charge is 2.52. The van der Waals surface area contributed by atoms with Crippen molar-refractivity contribution in [2.75, 3.05) is 0 Å². The van der Waals surface area contributed by atoms with Crippen molar-refractivity contribution in [2.24, 2.45) is 0 Å². The standard InChI is InChI=1S/C22H29BO2S2.C2H6/c1-7-9-14-15(10-8-2)20-17(16-11-12-26-19(14)16)13-18(27-20)23-24-21(3,4)22(5,6)25-23;1-2/h11-13H,7-10H2,1-6H3;1-2H3. The van der Waals surface area contributed by atoms with Crippen molar-refractivity contribution in [2.45, 2.75) is 92.3 Å². The fourth-order valence-corrected chi connectivity index (χ4v) is 6.21. The van der Waals surface area contributed by atoms with Gasteiger partial charge in [0.25, 0.3) is 0 Å². The number of hydrogen-bond acceptors (Lipinski definition) is 4. The third-order valence-corrected chi connectivity index (χ3v) is 8.30. The Bertz CT molecular complexity index is 968. The Balaban J connectivity index is 0.00000117. The van der Waals surface area contributed by atoms with Crippen LogP contribution in [-0.2, 0) is 22.2 Å². The van der Waals surface area contributed by atoms with Crippen molar-refractivity contribution in [3.05, 3.63) is 28.6 Å². The van der Waals surface area contributed by atoms with Crippen LogP contribution in [0.4, 0.5) is 0 Å². The molecule has 0 spiro atoms. The topological polar surface area (TPSA) is 18.5 Å². The van der Waals surface area contributed by atoms with Crippen LogP contribution in [0.25, 0.3) is 20.2 Å². The largest absolute Gasteiger partial charge is 0.505 e. The molecule has 0 radical (unpaired) electrons. The van der Waals surface area contributed by atoms with Gasteiger partial charge in [-0.05, 0) is 69.2 Å². The number of rotatable bonds is 5. The van der Waals surface area contributed by atoms with E-state index in [0.717, 1.165) is 12.8 Å². The molecular weight excluding hydrogens is 395 g/mol. The Morgan fingerprint density at radius 1 is 0.862 bits per heavy atom. The molecule has 0 N–H and O–H groups in total. The highest BCUT2D eigenvalue weighted by atomic mass is 32.1. The molecule has 0 unspecified atom stereocenters. The molecule has 0 saturated carbocycles. The molecule has 29 heavy (non-hydrogen) atoms. The van der Waals surface area contributed by atoms with E-state index in [0.29, 0.717) is 0 Å². The summed E-state index contributed by atoms with van der Waals surface area (Å²) in [5, 5.41) is 5.02. The zero-order valence-electron chi connectivity index (χ0n) is 19.3. The van der Waals surface area contributed by atoms with E-state index in [4.69, 9.17) is 9.31 Å². The number of thiophene rings is 2. The molecule has 1 saturated heterocycles. The maximum Gasteiger partial charge on any atom is 0.505 e. The summed E-state index contributed by atoms with van der Waals surface area (Å²) in [6, 6.07) is 4.62. The van der Waals surface area contributed by atoms with Gasteiger partial charge in [-0.2, -0.15) is 0 Å².